The van der Waals surface area contributed by atoms with Gasteiger partial charge >= 0.3 is 0 Å². The van der Waals surface area contributed by atoms with Crippen LogP contribution in [0.3, 0.4) is 0 Å². The van der Waals surface area contributed by atoms with Crippen molar-refractivity contribution in [2.75, 3.05) is 33.8 Å². The van der Waals surface area contributed by atoms with E-state index in [2.05, 4.69) is 33.1 Å². The number of anilines is 2. The third-order valence-electron chi connectivity index (χ3n) is 6.90. The largest absolute Gasteiger partial charge is 0.497 e. The zero-order valence-electron chi connectivity index (χ0n) is 22.8. The van der Waals surface area contributed by atoms with Crippen LogP contribution in [0.15, 0.2) is 77.5 Å². The fourth-order valence-corrected chi connectivity index (χ4v) is 4.89. The standard InChI is InChI=1S/C31H28N4O5/c1-35-13-12-18-14-19(6-11-24(18)35)28-27(20-15-25(37-3)29(39-5)26(16-20)38-4)23-17-32-31(34-30(23)40-28)33-21-7-9-22(36-2)10-8-21/h6-17H,1-5H3,(H,32,33,34). The van der Waals surface area contributed by atoms with Crippen molar-refractivity contribution in [2.45, 2.75) is 0 Å². The number of furan rings is 1. The van der Waals surface area contributed by atoms with Crippen molar-refractivity contribution in [3.05, 3.63) is 73.1 Å². The van der Waals surface area contributed by atoms with Gasteiger partial charge in [-0.25, -0.2) is 4.98 Å². The predicted molar refractivity (Wildman–Crippen MR) is 155 cm³/mol. The minimum atomic E-state index is 0.410. The van der Waals surface area contributed by atoms with Crippen molar-refractivity contribution in [3.63, 3.8) is 0 Å². The number of nitrogens with one attached hydrogen (secondary N) is 1. The number of methoxy groups -OCH3 is 4. The number of ether oxygens (including phenoxy) is 4. The molecule has 0 fully saturated rings. The van der Waals surface area contributed by atoms with Crippen molar-refractivity contribution in [3.8, 4) is 45.4 Å². The molecule has 202 valence electrons. The van der Waals surface area contributed by atoms with Crippen molar-refractivity contribution >= 4 is 33.6 Å². The molecule has 0 aliphatic carbocycles. The molecule has 0 saturated carbocycles. The van der Waals surface area contributed by atoms with Crippen LogP contribution in [0.2, 0.25) is 0 Å². The van der Waals surface area contributed by atoms with Crippen molar-refractivity contribution in [1.82, 2.24) is 14.5 Å². The maximum absolute atomic E-state index is 6.48. The molecule has 3 aromatic heterocycles. The Morgan fingerprint density at radius 3 is 2.23 bits per heavy atom. The molecule has 0 unspecified atom stereocenters. The molecule has 3 aromatic carbocycles. The van der Waals surface area contributed by atoms with Crippen molar-refractivity contribution in [2.24, 2.45) is 7.05 Å². The number of aromatic nitrogens is 3. The molecule has 0 saturated heterocycles. The summed E-state index contributed by atoms with van der Waals surface area (Å²) < 4.78 is 30.7. The Labute approximate surface area is 230 Å². The number of hydrogen-bond donors (Lipinski definition) is 1. The highest BCUT2D eigenvalue weighted by atomic mass is 16.5. The zero-order chi connectivity index (χ0) is 27.8. The van der Waals surface area contributed by atoms with E-state index >= 15 is 0 Å². The molecule has 0 amide bonds. The molecule has 40 heavy (non-hydrogen) atoms. The molecule has 0 atom stereocenters. The lowest BCUT2D eigenvalue weighted by atomic mass is 9.98. The van der Waals surface area contributed by atoms with Crippen LogP contribution in [0.4, 0.5) is 11.6 Å². The van der Waals surface area contributed by atoms with Gasteiger partial charge in [0.15, 0.2) is 11.5 Å². The summed E-state index contributed by atoms with van der Waals surface area (Å²) in [4.78, 5) is 9.33. The first-order valence-corrected chi connectivity index (χ1v) is 12.6. The highest BCUT2D eigenvalue weighted by molar-refractivity contribution is 6.02. The smallest absolute Gasteiger partial charge is 0.232 e. The van der Waals surface area contributed by atoms with Gasteiger partial charge in [-0.2, -0.15) is 4.98 Å². The zero-order valence-corrected chi connectivity index (χ0v) is 22.8. The number of aryl methyl sites for hydroxylation is 1. The molecule has 9 nitrogen and oxygen atoms in total. The summed E-state index contributed by atoms with van der Waals surface area (Å²) in [7, 11) is 8.43. The maximum Gasteiger partial charge on any atom is 0.232 e. The van der Waals surface area contributed by atoms with Gasteiger partial charge in [-0.3, -0.25) is 0 Å². The molecular formula is C31H28N4O5. The summed E-state index contributed by atoms with van der Waals surface area (Å²) >= 11 is 0. The quantitative estimate of drug-likeness (QED) is 0.226. The van der Waals surface area contributed by atoms with Crippen molar-refractivity contribution < 1.29 is 23.4 Å². The molecule has 6 rings (SSSR count). The van der Waals surface area contributed by atoms with E-state index in [1.165, 1.54) is 0 Å². The van der Waals surface area contributed by atoms with E-state index in [9.17, 15) is 0 Å². The SMILES string of the molecule is COc1ccc(Nc2ncc3c(-c4cc(OC)c(OC)c(OC)c4)c(-c4ccc5c(ccn5C)c4)oc3n2)cc1. The first-order chi connectivity index (χ1) is 19.5. The van der Waals surface area contributed by atoms with Crippen LogP contribution in [0, 0.1) is 0 Å². The molecule has 0 spiro atoms. The van der Waals surface area contributed by atoms with E-state index < -0.39 is 0 Å². The Kier molecular flexibility index (Phi) is 6.39. The normalized spacial score (nSPS) is 11.1. The Balaban J connectivity index is 1.54. The van der Waals surface area contributed by atoms with Gasteiger partial charge in [0, 0.05) is 47.2 Å². The first kappa shape index (κ1) is 25.1. The predicted octanol–water partition coefficient (Wildman–Crippen LogP) is 6.83. The topological polar surface area (TPSA) is 92.8 Å². The fraction of sp³-hybridized carbons (Fsp3) is 0.161. The highest BCUT2D eigenvalue weighted by Crippen LogP contribution is 2.47. The Morgan fingerprint density at radius 2 is 1.55 bits per heavy atom. The lowest BCUT2D eigenvalue weighted by Crippen LogP contribution is -1.97. The third kappa shape index (κ3) is 4.31. The van der Waals surface area contributed by atoms with Gasteiger partial charge in [0.2, 0.25) is 17.4 Å². The number of fused-ring (bicyclic) bond motifs is 2. The number of benzene rings is 3. The minimum absolute atomic E-state index is 0.410. The second-order valence-corrected chi connectivity index (χ2v) is 9.19. The van der Waals surface area contributed by atoms with Gasteiger partial charge in [-0.05, 0) is 66.2 Å². The van der Waals surface area contributed by atoms with Gasteiger partial charge < -0.3 is 33.2 Å². The highest BCUT2D eigenvalue weighted by Gasteiger charge is 2.23. The van der Waals surface area contributed by atoms with Gasteiger partial charge in [0.05, 0.1) is 33.8 Å². The van der Waals surface area contributed by atoms with Crippen LogP contribution in [0.5, 0.6) is 23.0 Å². The Bertz CT molecular complexity index is 1810. The molecule has 3 heterocycles. The average molecular weight is 537 g/mol. The second kappa shape index (κ2) is 10.2. The summed E-state index contributed by atoms with van der Waals surface area (Å²) in [6, 6.07) is 19.7. The lowest BCUT2D eigenvalue weighted by Gasteiger charge is -2.14. The lowest BCUT2D eigenvalue weighted by molar-refractivity contribution is 0.324. The molecule has 0 aliphatic rings. The first-order valence-electron chi connectivity index (χ1n) is 12.6. The van der Waals surface area contributed by atoms with Crippen LogP contribution in [-0.2, 0) is 7.05 Å². The Morgan fingerprint density at radius 1 is 0.800 bits per heavy atom. The molecule has 6 aromatic rings. The van der Waals surface area contributed by atoms with E-state index in [0.29, 0.717) is 34.7 Å². The van der Waals surface area contributed by atoms with E-state index in [1.807, 2.05) is 55.7 Å². The Hall–Kier alpha value is -5.18. The van der Waals surface area contributed by atoms with Gasteiger partial charge in [-0.15, -0.1) is 0 Å². The number of hydrogen-bond acceptors (Lipinski definition) is 8. The van der Waals surface area contributed by atoms with E-state index in [0.717, 1.165) is 44.4 Å². The van der Waals surface area contributed by atoms with Crippen LogP contribution in [-0.4, -0.2) is 43.0 Å². The van der Waals surface area contributed by atoms with Crippen LogP contribution in [0.1, 0.15) is 0 Å². The van der Waals surface area contributed by atoms with E-state index in [-0.39, 0.29) is 0 Å². The fourth-order valence-electron chi connectivity index (χ4n) is 4.89. The molecule has 9 heteroatoms. The minimum Gasteiger partial charge on any atom is -0.497 e. The van der Waals surface area contributed by atoms with Crippen LogP contribution in [0.25, 0.3) is 44.5 Å². The molecule has 0 aliphatic heterocycles. The van der Waals surface area contributed by atoms with Gasteiger partial charge in [0.1, 0.15) is 11.5 Å². The van der Waals surface area contributed by atoms with Gasteiger partial charge in [-0.1, -0.05) is 0 Å². The second-order valence-electron chi connectivity index (χ2n) is 9.19. The molecular weight excluding hydrogens is 508 g/mol. The number of rotatable bonds is 8. The van der Waals surface area contributed by atoms with E-state index in [4.69, 9.17) is 28.3 Å². The summed E-state index contributed by atoms with van der Waals surface area (Å²) in [6.45, 7) is 0. The molecule has 0 bridgehead atoms. The third-order valence-corrected chi connectivity index (χ3v) is 6.90. The molecule has 0 radical (unpaired) electrons. The van der Waals surface area contributed by atoms with Gasteiger partial charge in [0.25, 0.3) is 0 Å². The average Bonchev–Trinajstić information content (AvgIpc) is 3.56. The van der Waals surface area contributed by atoms with Crippen molar-refractivity contribution in [1.29, 1.82) is 0 Å². The monoisotopic (exact) mass is 536 g/mol. The van der Waals surface area contributed by atoms with E-state index in [1.54, 1.807) is 34.6 Å². The summed E-state index contributed by atoms with van der Waals surface area (Å²) in [5.41, 5.74) is 4.94. The maximum atomic E-state index is 6.48. The van der Waals surface area contributed by atoms with Crippen LogP contribution >= 0.6 is 0 Å². The summed E-state index contributed by atoms with van der Waals surface area (Å²) in [5.74, 6) is 3.42. The molecule has 1 N–H and O–H groups in total. The summed E-state index contributed by atoms with van der Waals surface area (Å²) in [5, 5.41) is 5.09. The summed E-state index contributed by atoms with van der Waals surface area (Å²) in [6.07, 6.45) is 3.80. The number of nitrogens with zero attached hydrogens (tertiary/aromatic N) is 3. The van der Waals surface area contributed by atoms with Crippen LogP contribution < -0.4 is 24.3 Å².